The number of rotatable bonds is 6. The Labute approximate surface area is 120 Å². The van der Waals surface area contributed by atoms with Crippen molar-refractivity contribution in [2.75, 3.05) is 6.61 Å². The van der Waals surface area contributed by atoms with E-state index in [-0.39, 0.29) is 12.4 Å². The van der Waals surface area contributed by atoms with Crippen LogP contribution in [0.1, 0.15) is 38.8 Å². The van der Waals surface area contributed by atoms with E-state index in [1.54, 1.807) is 6.92 Å². The van der Waals surface area contributed by atoms with Gasteiger partial charge >= 0.3 is 5.97 Å². The van der Waals surface area contributed by atoms with Gasteiger partial charge in [0.2, 0.25) is 0 Å². The van der Waals surface area contributed by atoms with E-state index in [2.05, 4.69) is 6.08 Å². The smallest absolute Gasteiger partial charge is 0.316 e. The maximum absolute atomic E-state index is 11.9. The van der Waals surface area contributed by atoms with E-state index < -0.39 is 11.9 Å². The molecule has 1 rings (SSSR count). The fourth-order valence-corrected chi connectivity index (χ4v) is 2.03. The second kappa shape index (κ2) is 7.63. The lowest BCUT2D eigenvalue weighted by atomic mass is 9.92. The SMILES string of the molecule is CCOC(=O)C(Cc1ccccc1C=C(C)C)C(C)=O. The van der Waals surface area contributed by atoms with Gasteiger partial charge in [-0.1, -0.05) is 35.9 Å². The highest BCUT2D eigenvalue weighted by Gasteiger charge is 2.25. The number of hydrogen-bond acceptors (Lipinski definition) is 3. The topological polar surface area (TPSA) is 43.4 Å². The molecular formula is C17H22O3. The quantitative estimate of drug-likeness (QED) is 0.589. The summed E-state index contributed by atoms with van der Waals surface area (Å²) in [6, 6.07) is 7.81. The van der Waals surface area contributed by atoms with Gasteiger partial charge in [-0.05, 0) is 45.2 Å². The highest BCUT2D eigenvalue weighted by molar-refractivity contribution is 5.98. The van der Waals surface area contributed by atoms with Crippen LogP contribution in [-0.2, 0) is 20.7 Å². The number of ketones is 1. The second-order valence-electron chi connectivity index (χ2n) is 5.04. The number of carbonyl (C=O) groups excluding carboxylic acids is 2. The first kappa shape index (κ1) is 16.2. The molecule has 0 radical (unpaired) electrons. The Morgan fingerprint density at radius 3 is 2.40 bits per heavy atom. The van der Waals surface area contributed by atoms with E-state index in [4.69, 9.17) is 4.74 Å². The number of ether oxygens (including phenoxy) is 1. The summed E-state index contributed by atoms with van der Waals surface area (Å²) < 4.78 is 4.98. The van der Waals surface area contributed by atoms with Crippen molar-refractivity contribution in [3.63, 3.8) is 0 Å². The lowest BCUT2D eigenvalue weighted by Crippen LogP contribution is -2.26. The number of allylic oxidation sites excluding steroid dienone is 1. The molecule has 0 N–H and O–H groups in total. The summed E-state index contributed by atoms with van der Waals surface area (Å²) in [5.74, 6) is -1.32. The first-order valence-corrected chi connectivity index (χ1v) is 6.85. The minimum Gasteiger partial charge on any atom is -0.465 e. The van der Waals surface area contributed by atoms with Crippen molar-refractivity contribution in [2.24, 2.45) is 5.92 Å². The zero-order valence-electron chi connectivity index (χ0n) is 12.6. The standard InChI is InChI=1S/C17H22O3/c1-5-20-17(19)16(13(4)18)11-15-9-7-6-8-14(15)10-12(2)3/h6-10,16H,5,11H2,1-4H3. The molecule has 1 atom stereocenters. The van der Waals surface area contributed by atoms with Crippen LogP contribution in [0.25, 0.3) is 6.08 Å². The van der Waals surface area contributed by atoms with Gasteiger partial charge in [0, 0.05) is 0 Å². The van der Waals surface area contributed by atoms with E-state index >= 15 is 0 Å². The third kappa shape index (κ3) is 4.65. The van der Waals surface area contributed by atoms with Crippen molar-refractivity contribution in [3.05, 3.63) is 41.0 Å². The highest BCUT2D eigenvalue weighted by Crippen LogP contribution is 2.18. The summed E-state index contributed by atoms with van der Waals surface area (Å²) in [7, 11) is 0. The first-order valence-electron chi connectivity index (χ1n) is 6.85. The molecule has 1 unspecified atom stereocenters. The van der Waals surface area contributed by atoms with E-state index in [1.165, 1.54) is 12.5 Å². The molecule has 0 amide bonds. The van der Waals surface area contributed by atoms with Crippen molar-refractivity contribution in [1.29, 1.82) is 0 Å². The molecule has 1 aromatic carbocycles. The summed E-state index contributed by atoms with van der Waals surface area (Å²) in [6.45, 7) is 7.50. The zero-order chi connectivity index (χ0) is 15.1. The molecule has 0 fully saturated rings. The largest absolute Gasteiger partial charge is 0.465 e. The predicted octanol–water partition coefficient (Wildman–Crippen LogP) is 3.42. The van der Waals surface area contributed by atoms with Crippen LogP contribution in [0, 0.1) is 5.92 Å². The highest BCUT2D eigenvalue weighted by atomic mass is 16.5. The Bertz CT molecular complexity index is 511. The Morgan fingerprint density at radius 2 is 1.85 bits per heavy atom. The molecule has 0 aliphatic rings. The van der Waals surface area contributed by atoms with Gasteiger partial charge < -0.3 is 4.74 Å². The third-order valence-electron chi connectivity index (χ3n) is 2.99. The average Bonchev–Trinajstić information content (AvgIpc) is 2.36. The number of esters is 1. The van der Waals surface area contributed by atoms with Crippen molar-refractivity contribution in [1.82, 2.24) is 0 Å². The summed E-state index contributed by atoms with van der Waals surface area (Å²) in [4.78, 5) is 23.5. The zero-order valence-corrected chi connectivity index (χ0v) is 12.6. The van der Waals surface area contributed by atoms with Crippen molar-refractivity contribution < 1.29 is 14.3 Å². The molecule has 0 heterocycles. The van der Waals surface area contributed by atoms with Gasteiger partial charge in [-0.15, -0.1) is 0 Å². The maximum atomic E-state index is 11.9. The van der Waals surface area contributed by atoms with E-state index in [1.807, 2.05) is 38.1 Å². The number of Topliss-reactive ketones (excluding diaryl/α,β-unsaturated/α-hetero) is 1. The lowest BCUT2D eigenvalue weighted by molar-refractivity contribution is -0.151. The molecule has 0 aliphatic carbocycles. The van der Waals surface area contributed by atoms with Crippen LogP contribution >= 0.6 is 0 Å². The van der Waals surface area contributed by atoms with Crippen LogP contribution in [0.15, 0.2) is 29.8 Å². The summed E-state index contributed by atoms with van der Waals surface area (Å²) in [5.41, 5.74) is 3.21. The molecular weight excluding hydrogens is 252 g/mol. The van der Waals surface area contributed by atoms with Gasteiger partial charge in [0.05, 0.1) is 6.61 Å². The van der Waals surface area contributed by atoms with Gasteiger partial charge in [0.15, 0.2) is 0 Å². The summed E-state index contributed by atoms with van der Waals surface area (Å²) >= 11 is 0. The monoisotopic (exact) mass is 274 g/mol. The normalized spacial score (nSPS) is 11.6. The number of benzene rings is 1. The van der Waals surface area contributed by atoms with Gasteiger partial charge in [0.1, 0.15) is 11.7 Å². The molecule has 108 valence electrons. The van der Waals surface area contributed by atoms with Crippen molar-refractivity contribution in [3.8, 4) is 0 Å². The fourth-order valence-electron chi connectivity index (χ4n) is 2.03. The third-order valence-corrected chi connectivity index (χ3v) is 2.99. The van der Waals surface area contributed by atoms with Crippen LogP contribution in [0.2, 0.25) is 0 Å². The second-order valence-corrected chi connectivity index (χ2v) is 5.04. The minimum absolute atomic E-state index is 0.157. The van der Waals surface area contributed by atoms with E-state index in [9.17, 15) is 9.59 Å². The van der Waals surface area contributed by atoms with Crippen LogP contribution in [0.3, 0.4) is 0 Å². The predicted molar refractivity (Wildman–Crippen MR) is 80.3 cm³/mol. The van der Waals surface area contributed by atoms with Crippen molar-refractivity contribution in [2.45, 2.75) is 34.1 Å². The molecule has 0 spiro atoms. The average molecular weight is 274 g/mol. The molecule has 0 aliphatic heterocycles. The molecule has 1 aromatic rings. The van der Waals surface area contributed by atoms with E-state index in [0.29, 0.717) is 6.42 Å². The molecule has 0 saturated carbocycles. The van der Waals surface area contributed by atoms with Crippen LogP contribution in [-0.4, -0.2) is 18.4 Å². The molecule has 3 heteroatoms. The van der Waals surface area contributed by atoms with Gasteiger partial charge in [-0.25, -0.2) is 0 Å². The Morgan fingerprint density at radius 1 is 1.20 bits per heavy atom. The summed E-state index contributed by atoms with van der Waals surface area (Å²) in [6.07, 6.45) is 2.44. The van der Waals surface area contributed by atoms with Crippen LogP contribution < -0.4 is 0 Å². The molecule has 0 saturated heterocycles. The van der Waals surface area contributed by atoms with Gasteiger partial charge in [0.25, 0.3) is 0 Å². The van der Waals surface area contributed by atoms with Crippen LogP contribution in [0.5, 0.6) is 0 Å². The molecule has 0 bridgehead atoms. The number of carbonyl (C=O) groups is 2. The maximum Gasteiger partial charge on any atom is 0.316 e. The molecule has 0 aromatic heterocycles. The lowest BCUT2D eigenvalue weighted by Gasteiger charge is -2.14. The minimum atomic E-state index is -0.721. The Hall–Kier alpha value is -1.90. The molecule has 3 nitrogen and oxygen atoms in total. The Kier molecular flexibility index (Phi) is 6.16. The van der Waals surface area contributed by atoms with Crippen LogP contribution in [0.4, 0.5) is 0 Å². The van der Waals surface area contributed by atoms with Crippen molar-refractivity contribution >= 4 is 17.8 Å². The summed E-state index contributed by atoms with van der Waals surface area (Å²) in [5, 5.41) is 0. The van der Waals surface area contributed by atoms with E-state index in [0.717, 1.165) is 11.1 Å². The van der Waals surface area contributed by atoms with Gasteiger partial charge in [-0.3, -0.25) is 9.59 Å². The Balaban J connectivity index is 3.03. The first-order chi connectivity index (χ1) is 9.45. The number of hydrogen-bond donors (Lipinski definition) is 0. The molecule has 20 heavy (non-hydrogen) atoms. The van der Waals surface area contributed by atoms with Gasteiger partial charge in [-0.2, -0.15) is 0 Å². The fraction of sp³-hybridized carbons (Fsp3) is 0.412.